The van der Waals surface area contributed by atoms with E-state index in [2.05, 4.69) is 48.8 Å². The van der Waals surface area contributed by atoms with Crippen LogP contribution < -0.4 is 5.32 Å². The molecule has 0 fully saturated rings. The number of rotatable bonds is 5. The van der Waals surface area contributed by atoms with E-state index in [1.807, 2.05) is 97.1 Å². The maximum absolute atomic E-state index is 13.4. The fourth-order valence-corrected chi connectivity index (χ4v) is 4.69. The molecule has 0 spiro atoms. The first-order valence-corrected chi connectivity index (χ1v) is 12.2. The zero-order valence-corrected chi connectivity index (χ0v) is 21.1. The van der Waals surface area contributed by atoms with Gasteiger partial charge in [0.05, 0.1) is 11.5 Å². The molecule has 0 radical (unpaired) electrons. The van der Waals surface area contributed by atoms with Crippen molar-refractivity contribution in [2.45, 2.75) is 5.92 Å². The third-order valence-electron chi connectivity index (χ3n) is 5.34. The van der Waals surface area contributed by atoms with Gasteiger partial charge in [-0.15, -0.1) is 0 Å². The number of nitrogens with zero attached hydrogens (tertiary/aromatic N) is 1. The van der Waals surface area contributed by atoms with E-state index in [-0.39, 0.29) is 5.91 Å². The number of amides is 1. The van der Waals surface area contributed by atoms with Crippen molar-refractivity contribution in [1.82, 2.24) is 4.98 Å². The molecule has 4 aromatic carbocycles. The zero-order chi connectivity index (χ0) is 22.8. The summed E-state index contributed by atoms with van der Waals surface area (Å²) in [6.07, 6.45) is 0. The summed E-state index contributed by atoms with van der Waals surface area (Å²) in [5.74, 6) is 0.0134. The van der Waals surface area contributed by atoms with Crippen LogP contribution in [0.2, 0.25) is 0 Å². The molecule has 0 atom stereocenters. The molecule has 0 aliphatic heterocycles. The lowest BCUT2D eigenvalue weighted by atomic mass is 9.90. The normalized spacial score (nSPS) is 11.1. The Hall–Kier alpha value is -2.97. The van der Waals surface area contributed by atoms with Gasteiger partial charge in [-0.1, -0.05) is 60.7 Å². The maximum Gasteiger partial charge on any atom is 0.236 e. The fraction of sp³-hybridized carbons (Fsp3) is 0.0370. The van der Waals surface area contributed by atoms with E-state index < -0.39 is 5.92 Å². The first-order chi connectivity index (χ1) is 16.1. The third kappa shape index (κ3) is 4.72. The van der Waals surface area contributed by atoms with Crippen LogP contribution in [0.5, 0.6) is 0 Å². The van der Waals surface area contributed by atoms with Gasteiger partial charge in [-0.2, -0.15) is 0 Å². The number of oxazole rings is 1. The number of nitrogens with one attached hydrogen (secondary N) is 1. The SMILES string of the molecule is O=C(Nc1ccc2oc(-c3cc(I)ccc3Br)nc2c1)C(c1ccccc1)c1ccccc1. The van der Waals surface area contributed by atoms with E-state index in [4.69, 9.17) is 4.42 Å². The van der Waals surface area contributed by atoms with Crippen LogP contribution in [-0.4, -0.2) is 10.9 Å². The molecule has 0 unspecified atom stereocenters. The molecular weight excluding hydrogens is 591 g/mol. The Morgan fingerprint density at radius 2 is 1.55 bits per heavy atom. The van der Waals surface area contributed by atoms with Crippen LogP contribution in [0.3, 0.4) is 0 Å². The Morgan fingerprint density at radius 3 is 2.21 bits per heavy atom. The van der Waals surface area contributed by atoms with Gasteiger partial charge >= 0.3 is 0 Å². The molecule has 1 heterocycles. The van der Waals surface area contributed by atoms with Crippen molar-refractivity contribution in [2.75, 3.05) is 5.32 Å². The fourth-order valence-electron chi connectivity index (χ4n) is 3.78. The van der Waals surface area contributed by atoms with Crippen LogP contribution in [0.25, 0.3) is 22.6 Å². The van der Waals surface area contributed by atoms with Crippen molar-refractivity contribution in [1.29, 1.82) is 0 Å². The quantitative estimate of drug-likeness (QED) is 0.209. The van der Waals surface area contributed by atoms with Crippen molar-refractivity contribution < 1.29 is 9.21 Å². The van der Waals surface area contributed by atoms with Crippen molar-refractivity contribution in [3.05, 3.63) is 116 Å². The minimum absolute atomic E-state index is 0.101. The van der Waals surface area contributed by atoms with Crippen LogP contribution in [0.15, 0.2) is 106 Å². The van der Waals surface area contributed by atoms with Crippen molar-refractivity contribution in [3.8, 4) is 11.5 Å². The first kappa shape index (κ1) is 21.9. The third-order valence-corrected chi connectivity index (χ3v) is 6.70. The van der Waals surface area contributed by atoms with Crippen LogP contribution in [0.1, 0.15) is 17.0 Å². The highest BCUT2D eigenvalue weighted by atomic mass is 127. The Bertz CT molecular complexity index is 1400. The number of hydrogen-bond acceptors (Lipinski definition) is 3. The number of halogens is 2. The lowest BCUT2D eigenvalue weighted by molar-refractivity contribution is -0.116. The lowest BCUT2D eigenvalue weighted by Gasteiger charge is -2.18. The second-order valence-corrected chi connectivity index (χ2v) is 9.67. The number of benzene rings is 4. The molecule has 0 aliphatic rings. The molecule has 4 nitrogen and oxygen atoms in total. The largest absolute Gasteiger partial charge is 0.436 e. The Balaban J connectivity index is 1.46. The summed E-state index contributed by atoms with van der Waals surface area (Å²) in [5, 5.41) is 3.07. The highest BCUT2D eigenvalue weighted by molar-refractivity contribution is 14.1. The molecule has 0 saturated heterocycles. The highest BCUT2D eigenvalue weighted by Crippen LogP contribution is 2.33. The molecule has 1 amide bonds. The molecule has 6 heteroatoms. The number of anilines is 1. The molecule has 5 rings (SSSR count). The van der Waals surface area contributed by atoms with E-state index in [1.165, 1.54) is 0 Å². The molecule has 0 saturated carbocycles. The topological polar surface area (TPSA) is 55.1 Å². The second kappa shape index (κ2) is 9.49. The predicted molar refractivity (Wildman–Crippen MR) is 143 cm³/mol. The van der Waals surface area contributed by atoms with Gasteiger partial charge in [-0.3, -0.25) is 4.79 Å². The molecular formula is C27H18BrIN2O2. The van der Waals surface area contributed by atoms with E-state index >= 15 is 0 Å². The Kier molecular flexibility index (Phi) is 6.28. The van der Waals surface area contributed by atoms with Gasteiger partial charge in [-0.05, 0) is 86.0 Å². The molecule has 33 heavy (non-hydrogen) atoms. The Labute approximate surface area is 213 Å². The zero-order valence-electron chi connectivity index (χ0n) is 17.3. The number of hydrogen-bond donors (Lipinski definition) is 1. The van der Waals surface area contributed by atoms with Crippen molar-refractivity contribution in [3.63, 3.8) is 0 Å². The van der Waals surface area contributed by atoms with Crippen LogP contribution >= 0.6 is 38.5 Å². The summed E-state index contributed by atoms with van der Waals surface area (Å²) in [6, 6.07) is 31.1. The minimum Gasteiger partial charge on any atom is -0.436 e. The van der Waals surface area contributed by atoms with Gasteiger partial charge in [0, 0.05) is 13.7 Å². The summed E-state index contributed by atoms with van der Waals surface area (Å²) >= 11 is 5.84. The first-order valence-electron chi connectivity index (χ1n) is 10.4. The monoisotopic (exact) mass is 608 g/mol. The van der Waals surface area contributed by atoms with E-state index in [1.54, 1.807) is 0 Å². The van der Waals surface area contributed by atoms with E-state index in [9.17, 15) is 4.79 Å². The van der Waals surface area contributed by atoms with Gasteiger partial charge in [0.2, 0.25) is 11.8 Å². The molecule has 0 aliphatic carbocycles. The predicted octanol–water partition coefficient (Wildman–Crippen LogP) is 7.63. The number of carbonyl (C=O) groups excluding carboxylic acids is 1. The van der Waals surface area contributed by atoms with E-state index in [0.29, 0.717) is 22.7 Å². The number of carbonyl (C=O) groups is 1. The Morgan fingerprint density at radius 1 is 0.879 bits per heavy atom. The van der Waals surface area contributed by atoms with Crippen LogP contribution in [0.4, 0.5) is 5.69 Å². The second-order valence-electron chi connectivity index (χ2n) is 7.57. The summed E-state index contributed by atoms with van der Waals surface area (Å²) in [6.45, 7) is 0. The van der Waals surface area contributed by atoms with Gasteiger partial charge in [0.15, 0.2) is 5.58 Å². The molecule has 0 bridgehead atoms. The number of fused-ring (bicyclic) bond motifs is 1. The average molecular weight is 609 g/mol. The average Bonchev–Trinajstić information content (AvgIpc) is 3.25. The molecule has 5 aromatic rings. The minimum atomic E-state index is -0.418. The van der Waals surface area contributed by atoms with Gasteiger partial charge in [0.25, 0.3) is 0 Å². The van der Waals surface area contributed by atoms with Gasteiger partial charge in [0.1, 0.15) is 5.52 Å². The lowest BCUT2D eigenvalue weighted by Crippen LogP contribution is -2.22. The van der Waals surface area contributed by atoms with Gasteiger partial charge < -0.3 is 9.73 Å². The smallest absolute Gasteiger partial charge is 0.236 e. The summed E-state index contributed by atoms with van der Waals surface area (Å²) in [4.78, 5) is 18.1. The van der Waals surface area contributed by atoms with Crippen molar-refractivity contribution in [2.24, 2.45) is 0 Å². The summed E-state index contributed by atoms with van der Waals surface area (Å²) < 4.78 is 7.98. The standard InChI is InChI=1S/C27H18BrIN2O2/c28-22-13-11-19(29)15-21(22)27-31-23-16-20(12-14-24(23)33-27)30-26(32)25(17-7-3-1-4-8-17)18-9-5-2-6-10-18/h1-16,25H,(H,30,32). The molecule has 1 N–H and O–H groups in total. The van der Waals surface area contributed by atoms with E-state index in [0.717, 1.165) is 24.7 Å². The maximum atomic E-state index is 13.4. The molecule has 162 valence electrons. The van der Waals surface area contributed by atoms with Gasteiger partial charge in [-0.25, -0.2) is 4.98 Å². The molecule has 1 aromatic heterocycles. The summed E-state index contributed by atoms with van der Waals surface area (Å²) in [7, 11) is 0. The van der Waals surface area contributed by atoms with Crippen LogP contribution in [0, 0.1) is 3.57 Å². The highest BCUT2D eigenvalue weighted by Gasteiger charge is 2.23. The number of aromatic nitrogens is 1. The van der Waals surface area contributed by atoms with Crippen LogP contribution in [-0.2, 0) is 4.79 Å². The van der Waals surface area contributed by atoms with Crippen molar-refractivity contribution >= 4 is 61.2 Å². The summed E-state index contributed by atoms with van der Waals surface area (Å²) in [5.41, 5.74) is 4.79.